The van der Waals surface area contributed by atoms with E-state index >= 15 is 0 Å². The van der Waals surface area contributed by atoms with Crippen molar-refractivity contribution in [3.8, 4) is 0 Å². The maximum Gasteiger partial charge on any atom is 0.0508 e. The normalized spacial score (nSPS) is 20.4. The van der Waals surface area contributed by atoms with Gasteiger partial charge in [0.2, 0.25) is 0 Å². The number of benzene rings is 1. The van der Waals surface area contributed by atoms with Crippen LogP contribution in [0.2, 0.25) is 0 Å². The van der Waals surface area contributed by atoms with Crippen LogP contribution in [0, 0.1) is 5.92 Å². The first-order valence-corrected chi connectivity index (χ1v) is 6.25. The summed E-state index contributed by atoms with van der Waals surface area (Å²) in [4.78, 5) is 2.42. The van der Waals surface area contributed by atoms with E-state index in [0.29, 0.717) is 11.8 Å². The molecule has 1 aliphatic rings. The molecular weight excluding hydrogens is 222 g/mol. The van der Waals surface area contributed by atoms with Crippen LogP contribution >= 0.6 is 11.6 Å². The van der Waals surface area contributed by atoms with Crippen molar-refractivity contribution >= 4 is 17.3 Å². The molecule has 0 aliphatic carbocycles. The fourth-order valence-electron chi connectivity index (χ4n) is 2.23. The lowest BCUT2D eigenvalue weighted by Gasteiger charge is -2.18. The zero-order chi connectivity index (χ0) is 11.4. The van der Waals surface area contributed by atoms with Gasteiger partial charge in [-0.15, -0.1) is 11.6 Å². The molecule has 88 valence electrons. The van der Waals surface area contributed by atoms with Crippen molar-refractivity contribution in [2.45, 2.75) is 12.3 Å². The van der Waals surface area contributed by atoms with E-state index in [0.717, 1.165) is 19.7 Å². The average Bonchev–Trinajstić information content (AvgIpc) is 2.78. The maximum absolute atomic E-state index is 5.77. The fourth-order valence-corrected chi connectivity index (χ4v) is 2.41. The number of anilines is 1. The van der Waals surface area contributed by atoms with E-state index in [1.54, 1.807) is 7.11 Å². The molecule has 0 aromatic heterocycles. The summed E-state index contributed by atoms with van der Waals surface area (Å²) in [6.45, 7) is 3.11. The summed E-state index contributed by atoms with van der Waals surface area (Å²) in [5.41, 5.74) is 2.48. The molecule has 0 bridgehead atoms. The Morgan fingerprint density at radius 1 is 1.38 bits per heavy atom. The van der Waals surface area contributed by atoms with Crippen molar-refractivity contribution in [1.29, 1.82) is 0 Å². The Hall–Kier alpha value is -0.730. The fraction of sp³-hybridized carbons (Fsp3) is 0.538. The van der Waals surface area contributed by atoms with Crippen LogP contribution in [0.5, 0.6) is 0 Å². The minimum Gasteiger partial charge on any atom is -0.384 e. The standard InChI is InChI=1S/C13H18ClNO/c1-16-10-12-6-7-15(9-12)13-4-2-11(8-14)3-5-13/h2-5,12H,6-10H2,1H3. The molecule has 0 saturated carbocycles. The Bertz CT molecular complexity index is 325. The largest absolute Gasteiger partial charge is 0.384 e. The first kappa shape index (κ1) is 11.7. The van der Waals surface area contributed by atoms with Crippen LogP contribution in [0.15, 0.2) is 24.3 Å². The van der Waals surface area contributed by atoms with Crippen LogP contribution in [0.3, 0.4) is 0 Å². The van der Waals surface area contributed by atoms with Crippen molar-refractivity contribution in [2.24, 2.45) is 5.92 Å². The van der Waals surface area contributed by atoms with E-state index in [9.17, 15) is 0 Å². The molecule has 2 rings (SSSR count). The zero-order valence-corrected chi connectivity index (χ0v) is 10.4. The van der Waals surface area contributed by atoms with Crippen molar-refractivity contribution in [3.63, 3.8) is 0 Å². The van der Waals surface area contributed by atoms with Gasteiger partial charge in [-0.2, -0.15) is 0 Å². The molecule has 1 fully saturated rings. The minimum atomic E-state index is 0.590. The Kier molecular flexibility index (Phi) is 4.08. The summed E-state index contributed by atoms with van der Waals surface area (Å²) < 4.78 is 5.20. The maximum atomic E-state index is 5.77. The van der Waals surface area contributed by atoms with Gasteiger partial charge in [-0.1, -0.05) is 12.1 Å². The Morgan fingerprint density at radius 2 is 2.12 bits per heavy atom. The van der Waals surface area contributed by atoms with Gasteiger partial charge in [-0.05, 0) is 24.1 Å². The second kappa shape index (κ2) is 5.55. The van der Waals surface area contributed by atoms with Crippen LogP contribution in [-0.2, 0) is 10.6 Å². The molecule has 1 heterocycles. The van der Waals surface area contributed by atoms with E-state index in [1.165, 1.54) is 17.7 Å². The van der Waals surface area contributed by atoms with Crippen molar-refractivity contribution in [3.05, 3.63) is 29.8 Å². The quantitative estimate of drug-likeness (QED) is 0.750. The third-order valence-corrected chi connectivity index (χ3v) is 3.45. The molecular formula is C13H18ClNO. The van der Waals surface area contributed by atoms with Crippen LogP contribution in [0.4, 0.5) is 5.69 Å². The van der Waals surface area contributed by atoms with Crippen LogP contribution in [-0.4, -0.2) is 26.8 Å². The van der Waals surface area contributed by atoms with E-state index in [1.807, 2.05) is 0 Å². The van der Waals surface area contributed by atoms with Gasteiger partial charge >= 0.3 is 0 Å². The zero-order valence-electron chi connectivity index (χ0n) is 9.66. The molecule has 0 radical (unpaired) electrons. The minimum absolute atomic E-state index is 0.590. The number of nitrogens with zero attached hydrogens (tertiary/aromatic N) is 1. The highest BCUT2D eigenvalue weighted by atomic mass is 35.5. The van der Waals surface area contributed by atoms with Gasteiger partial charge in [-0.3, -0.25) is 0 Å². The predicted octanol–water partition coefficient (Wildman–Crippen LogP) is 2.90. The molecule has 1 aromatic carbocycles. The van der Waals surface area contributed by atoms with Crippen molar-refractivity contribution < 1.29 is 4.74 Å². The van der Waals surface area contributed by atoms with Gasteiger partial charge in [0.1, 0.15) is 0 Å². The SMILES string of the molecule is COCC1CCN(c2ccc(CCl)cc2)C1. The molecule has 16 heavy (non-hydrogen) atoms. The third-order valence-electron chi connectivity index (χ3n) is 3.14. The number of rotatable bonds is 4. The molecule has 0 spiro atoms. The Labute approximate surface area is 102 Å². The lowest BCUT2D eigenvalue weighted by atomic mass is 10.1. The molecule has 2 nitrogen and oxygen atoms in total. The lowest BCUT2D eigenvalue weighted by molar-refractivity contribution is 0.161. The Balaban J connectivity index is 1.97. The number of hydrogen-bond acceptors (Lipinski definition) is 2. The van der Waals surface area contributed by atoms with Gasteiger partial charge < -0.3 is 9.64 Å². The van der Waals surface area contributed by atoms with Gasteiger partial charge in [-0.25, -0.2) is 0 Å². The molecule has 1 atom stereocenters. The summed E-state index contributed by atoms with van der Waals surface area (Å²) >= 11 is 5.77. The van der Waals surface area contributed by atoms with Crippen LogP contribution < -0.4 is 4.90 Å². The number of halogens is 1. The van der Waals surface area contributed by atoms with Crippen LogP contribution in [0.1, 0.15) is 12.0 Å². The summed E-state index contributed by atoms with van der Waals surface area (Å²) in [5.74, 6) is 1.27. The first-order chi connectivity index (χ1) is 7.83. The second-order valence-corrected chi connectivity index (χ2v) is 4.62. The number of hydrogen-bond donors (Lipinski definition) is 0. The molecule has 1 aromatic rings. The number of methoxy groups -OCH3 is 1. The Morgan fingerprint density at radius 3 is 2.75 bits per heavy atom. The summed E-state index contributed by atoms with van der Waals surface area (Å²) in [5, 5.41) is 0. The average molecular weight is 240 g/mol. The van der Waals surface area contributed by atoms with Gasteiger partial charge in [0, 0.05) is 37.7 Å². The van der Waals surface area contributed by atoms with E-state index in [4.69, 9.17) is 16.3 Å². The van der Waals surface area contributed by atoms with E-state index < -0.39 is 0 Å². The monoisotopic (exact) mass is 239 g/mol. The predicted molar refractivity (Wildman–Crippen MR) is 68.2 cm³/mol. The molecule has 1 unspecified atom stereocenters. The third kappa shape index (κ3) is 2.69. The summed E-state index contributed by atoms with van der Waals surface area (Å²) in [6, 6.07) is 8.53. The van der Waals surface area contributed by atoms with Crippen molar-refractivity contribution in [1.82, 2.24) is 0 Å². The smallest absolute Gasteiger partial charge is 0.0508 e. The second-order valence-electron chi connectivity index (χ2n) is 4.36. The van der Waals surface area contributed by atoms with E-state index in [2.05, 4.69) is 29.2 Å². The van der Waals surface area contributed by atoms with Gasteiger partial charge in [0.15, 0.2) is 0 Å². The number of ether oxygens (including phenoxy) is 1. The van der Waals surface area contributed by atoms with Crippen molar-refractivity contribution in [2.75, 3.05) is 31.7 Å². The molecule has 3 heteroatoms. The van der Waals surface area contributed by atoms with Gasteiger partial charge in [0.05, 0.1) is 6.61 Å². The highest BCUT2D eigenvalue weighted by molar-refractivity contribution is 6.17. The van der Waals surface area contributed by atoms with E-state index in [-0.39, 0.29) is 0 Å². The molecule has 0 N–H and O–H groups in total. The van der Waals surface area contributed by atoms with Gasteiger partial charge in [0.25, 0.3) is 0 Å². The van der Waals surface area contributed by atoms with Crippen LogP contribution in [0.25, 0.3) is 0 Å². The highest BCUT2D eigenvalue weighted by Crippen LogP contribution is 2.24. The lowest BCUT2D eigenvalue weighted by Crippen LogP contribution is -2.20. The first-order valence-electron chi connectivity index (χ1n) is 5.72. The highest BCUT2D eigenvalue weighted by Gasteiger charge is 2.22. The molecule has 1 saturated heterocycles. The topological polar surface area (TPSA) is 12.5 Å². The summed E-state index contributed by atoms with van der Waals surface area (Å²) in [6.07, 6.45) is 1.23. The summed E-state index contributed by atoms with van der Waals surface area (Å²) in [7, 11) is 1.78. The number of alkyl halides is 1. The molecule has 1 aliphatic heterocycles. The molecule has 0 amide bonds.